The van der Waals surface area contributed by atoms with Crippen LogP contribution in [0.15, 0.2) is 10.7 Å². The molecule has 1 saturated heterocycles. The highest BCUT2D eigenvalue weighted by atomic mass is 16.5. The molecule has 1 fully saturated rings. The quantitative estimate of drug-likeness (QED) is 0.838. The van der Waals surface area contributed by atoms with Crippen LogP contribution in [-0.4, -0.2) is 35.1 Å². The van der Waals surface area contributed by atoms with E-state index in [9.17, 15) is 4.79 Å². The van der Waals surface area contributed by atoms with Gasteiger partial charge in [-0.25, -0.2) is 0 Å². The lowest BCUT2D eigenvalue weighted by Crippen LogP contribution is -2.42. The maximum Gasteiger partial charge on any atom is 0.259 e. The first-order chi connectivity index (χ1) is 8.09. The van der Waals surface area contributed by atoms with Crippen LogP contribution < -0.4 is 5.73 Å². The topological polar surface area (TPSA) is 72.4 Å². The molecule has 0 saturated carbocycles. The number of aromatic nitrogens is 1. The first-order valence-electron chi connectivity index (χ1n) is 6.05. The van der Waals surface area contributed by atoms with Crippen molar-refractivity contribution in [3.63, 3.8) is 0 Å². The van der Waals surface area contributed by atoms with Crippen molar-refractivity contribution in [1.82, 2.24) is 10.1 Å². The van der Waals surface area contributed by atoms with Crippen LogP contribution in [0.5, 0.6) is 0 Å². The van der Waals surface area contributed by atoms with Gasteiger partial charge in [-0.3, -0.25) is 4.79 Å². The second kappa shape index (κ2) is 4.87. The van der Waals surface area contributed by atoms with E-state index in [4.69, 9.17) is 10.3 Å². The molecular formula is C12H19N3O2. The molecule has 2 N–H and O–H groups in total. The highest BCUT2D eigenvalue weighted by Crippen LogP contribution is 2.21. The largest absolute Gasteiger partial charge is 0.361 e. The third kappa shape index (κ3) is 2.49. The van der Waals surface area contributed by atoms with E-state index in [1.54, 1.807) is 6.92 Å². The molecule has 0 aromatic carbocycles. The average molecular weight is 237 g/mol. The van der Waals surface area contributed by atoms with Gasteiger partial charge in [-0.15, -0.1) is 0 Å². The number of likely N-dealkylation sites (tertiary alicyclic amines) is 1. The highest BCUT2D eigenvalue weighted by molar-refractivity contribution is 5.94. The molecule has 0 aliphatic carbocycles. The summed E-state index contributed by atoms with van der Waals surface area (Å²) < 4.78 is 4.92. The number of carbonyl (C=O) groups excluding carboxylic acids is 1. The van der Waals surface area contributed by atoms with Crippen LogP contribution in [0.3, 0.4) is 0 Å². The Morgan fingerprint density at radius 1 is 1.59 bits per heavy atom. The molecule has 2 heterocycles. The minimum atomic E-state index is 0.0203. The van der Waals surface area contributed by atoms with E-state index in [0.717, 1.165) is 25.9 Å². The van der Waals surface area contributed by atoms with Crippen LogP contribution in [0, 0.1) is 12.8 Å². The minimum Gasteiger partial charge on any atom is -0.361 e. The first kappa shape index (κ1) is 12.1. The zero-order chi connectivity index (χ0) is 12.4. The number of aryl methyl sites for hydroxylation is 1. The van der Waals surface area contributed by atoms with Crippen LogP contribution in [0.4, 0.5) is 0 Å². The number of amides is 1. The fraction of sp³-hybridized carbons (Fsp3) is 0.667. The third-order valence-corrected chi connectivity index (χ3v) is 3.55. The predicted octanol–water partition coefficient (Wildman–Crippen LogP) is 1.18. The molecular weight excluding hydrogens is 218 g/mol. The Kier molecular flexibility index (Phi) is 3.47. The fourth-order valence-corrected chi connectivity index (χ4v) is 2.30. The Morgan fingerprint density at radius 3 is 2.71 bits per heavy atom. The summed E-state index contributed by atoms with van der Waals surface area (Å²) in [6.07, 6.45) is 3.46. The number of hydrogen-bond donors (Lipinski definition) is 1. The van der Waals surface area contributed by atoms with Crippen LogP contribution in [-0.2, 0) is 0 Å². The van der Waals surface area contributed by atoms with Crippen molar-refractivity contribution in [1.29, 1.82) is 0 Å². The minimum absolute atomic E-state index is 0.0203. The molecule has 94 valence electrons. The lowest BCUT2D eigenvalue weighted by atomic mass is 9.91. The second-order valence-electron chi connectivity index (χ2n) is 4.78. The van der Waals surface area contributed by atoms with E-state index in [2.05, 4.69) is 5.16 Å². The molecule has 5 nitrogen and oxygen atoms in total. The fourth-order valence-electron chi connectivity index (χ4n) is 2.30. The van der Waals surface area contributed by atoms with Gasteiger partial charge in [0.2, 0.25) is 0 Å². The SMILES string of the molecule is Cc1oncc1C(=O)N1CCC(C(C)N)CC1. The van der Waals surface area contributed by atoms with Gasteiger partial charge in [-0.1, -0.05) is 5.16 Å². The molecule has 1 aromatic rings. The Balaban J connectivity index is 1.98. The standard InChI is InChI=1S/C12H19N3O2/c1-8(13)10-3-5-15(6-4-10)12(16)11-7-14-17-9(11)2/h7-8,10H,3-6,13H2,1-2H3. The van der Waals surface area contributed by atoms with Crippen LogP contribution in [0.25, 0.3) is 0 Å². The van der Waals surface area contributed by atoms with Crippen molar-refractivity contribution in [3.8, 4) is 0 Å². The number of carbonyl (C=O) groups is 1. The lowest BCUT2D eigenvalue weighted by molar-refractivity contribution is 0.0679. The van der Waals surface area contributed by atoms with E-state index >= 15 is 0 Å². The van der Waals surface area contributed by atoms with Gasteiger partial charge in [-0.2, -0.15) is 0 Å². The Labute approximate surface area is 101 Å². The van der Waals surface area contributed by atoms with Crippen molar-refractivity contribution in [2.24, 2.45) is 11.7 Å². The van der Waals surface area contributed by atoms with Gasteiger partial charge in [0.05, 0.1) is 6.20 Å². The molecule has 1 unspecified atom stereocenters. The van der Waals surface area contributed by atoms with Gasteiger partial charge in [-0.05, 0) is 32.6 Å². The van der Waals surface area contributed by atoms with E-state index in [-0.39, 0.29) is 11.9 Å². The van der Waals surface area contributed by atoms with Gasteiger partial charge >= 0.3 is 0 Å². The van der Waals surface area contributed by atoms with Gasteiger partial charge in [0.15, 0.2) is 0 Å². The van der Waals surface area contributed by atoms with Crippen molar-refractivity contribution >= 4 is 5.91 Å². The summed E-state index contributed by atoms with van der Waals surface area (Å²) in [6, 6.07) is 0.213. The lowest BCUT2D eigenvalue weighted by Gasteiger charge is -2.33. The molecule has 1 aliphatic rings. The first-order valence-corrected chi connectivity index (χ1v) is 6.05. The van der Waals surface area contributed by atoms with Gasteiger partial charge in [0.1, 0.15) is 11.3 Å². The van der Waals surface area contributed by atoms with Crippen molar-refractivity contribution in [3.05, 3.63) is 17.5 Å². The monoisotopic (exact) mass is 237 g/mol. The summed E-state index contributed by atoms with van der Waals surface area (Å²) in [4.78, 5) is 14.0. The molecule has 2 rings (SSSR count). The van der Waals surface area contributed by atoms with E-state index in [1.807, 2.05) is 11.8 Å². The van der Waals surface area contributed by atoms with Crippen molar-refractivity contribution in [2.75, 3.05) is 13.1 Å². The number of rotatable bonds is 2. The summed E-state index contributed by atoms with van der Waals surface area (Å²) in [6.45, 7) is 5.34. The molecule has 1 aliphatic heterocycles. The molecule has 0 spiro atoms. The summed E-state index contributed by atoms with van der Waals surface area (Å²) in [7, 11) is 0. The zero-order valence-electron chi connectivity index (χ0n) is 10.3. The van der Waals surface area contributed by atoms with Gasteiger partial charge in [0.25, 0.3) is 5.91 Å². The summed E-state index contributed by atoms with van der Waals surface area (Å²) >= 11 is 0. The molecule has 0 bridgehead atoms. The van der Waals surface area contributed by atoms with Gasteiger partial charge in [0, 0.05) is 19.1 Å². The smallest absolute Gasteiger partial charge is 0.259 e. The van der Waals surface area contributed by atoms with Crippen molar-refractivity contribution < 1.29 is 9.32 Å². The average Bonchev–Trinajstić information content (AvgIpc) is 2.74. The Hall–Kier alpha value is -1.36. The molecule has 1 aromatic heterocycles. The third-order valence-electron chi connectivity index (χ3n) is 3.55. The number of piperidine rings is 1. The normalized spacial score (nSPS) is 19.4. The van der Waals surface area contributed by atoms with E-state index < -0.39 is 0 Å². The zero-order valence-corrected chi connectivity index (χ0v) is 10.3. The van der Waals surface area contributed by atoms with Crippen LogP contribution in [0.1, 0.15) is 35.9 Å². The van der Waals surface area contributed by atoms with Crippen LogP contribution >= 0.6 is 0 Å². The second-order valence-corrected chi connectivity index (χ2v) is 4.78. The molecule has 0 radical (unpaired) electrons. The molecule has 17 heavy (non-hydrogen) atoms. The van der Waals surface area contributed by atoms with E-state index in [1.165, 1.54) is 6.20 Å². The number of nitrogens with two attached hydrogens (primary N) is 1. The number of hydrogen-bond acceptors (Lipinski definition) is 4. The summed E-state index contributed by atoms with van der Waals surface area (Å²) in [5.41, 5.74) is 6.45. The van der Waals surface area contributed by atoms with Crippen LogP contribution in [0.2, 0.25) is 0 Å². The summed E-state index contributed by atoms with van der Waals surface area (Å²) in [5, 5.41) is 3.64. The highest BCUT2D eigenvalue weighted by Gasteiger charge is 2.27. The molecule has 5 heteroatoms. The summed E-state index contributed by atoms with van der Waals surface area (Å²) in [5.74, 6) is 1.14. The van der Waals surface area contributed by atoms with E-state index in [0.29, 0.717) is 17.2 Å². The molecule has 1 amide bonds. The Bertz CT molecular complexity index is 392. The number of nitrogens with zero attached hydrogens (tertiary/aromatic N) is 2. The predicted molar refractivity (Wildman–Crippen MR) is 63.5 cm³/mol. The van der Waals surface area contributed by atoms with Crippen molar-refractivity contribution in [2.45, 2.75) is 32.7 Å². The molecule has 1 atom stereocenters. The maximum absolute atomic E-state index is 12.2. The Morgan fingerprint density at radius 2 is 2.24 bits per heavy atom. The maximum atomic E-state index is 12.2. The van der Waals surface area contributed by atoms with Gasteiger partial charge < -0.3 is 15.2 Å².